The highest BCUT2D eigenvalue weighted by molar-refractivity contribution is 9.10. The van der Waals surface area contributed by atoms with Crippen LogP contribution >= 0.6 is 15.9 Å². The molecule has 0 aliphatic carbocycles. The molecule has 0 unspecified atom stereocenters. The van der Waals surface area contributed by atoms with Crippen molar-refractivity contribution in [2.24, 2.45) is 0 Å². The molecule has 0 spiro atoms. The van der Waals surface area contributed by atoms with Crippen LogP contribution in [0.3, 0.4) is 0 Å². The van der Waals surface area contributed by atoms with Gasteiger partial charge in [-0.15, -0.1) is 0 Å². The van der Waals surface area contributed by atoms with Crippen LogP contribution in [0.25, 0.3) is 0 Å². The molecular weight excluding hydrogens is 297 g/mol. The Morgan fingerprint density at radius 2 is 2.11 bits per heavy atom. The van der Waals surface area contributed by atoms with Crippen molar-refractivity contribution < 1.29 is 9.13 Å². The summed E-state index contributed by atoms with van der Waals surface area (Å²) in [4.78, 5) is 2.40. The van der Waals surface area contributed by atoms with Gasteiger partial charge >= 0.3 is 0 Å². The first kappa shape index (κ1) is 14.0. The highest BCUT2D eigenvalue weighted by atomic mass is 79.9. The normalized spacial score (nSPS) is 18.2. The van der Waals surface area contributed by atoms with E-state index in [2.05, 4.69) is 20.8 Å². The third-order valence-corrected chi connectivity index (χ3v) is 3.93. The van der Waals surface area contributed by atoms with Gasteiger partial charge in [-0.05, 0) is 53.4 Å². The molecule has 0 radical (unpaired) electrons. The molecule has 1 aliphatic heterocycles. The van der Waals surface area contributed by atoms with Gasteiger partial charge in [0.15, 0.2) is 0 Å². The highest BCUT2D eigenvalue weighted by Crippen LogP contribution is 2.20. The zero-order valence-corrected chi connectivity index (χ0v) is 12.2. The third kappa shape index (κ3) is 3.77. The summed E-state index contributed by atoms with van der Waals surface area (Å²) in [7, 11) is 0. The zero-order chi connectivity index (χ0) is 13.0. The van der Waals surface area contributed by atoms with Gasteiger partial charge in [0.05, 0.1) is 10.6 Å². The fraction of sp³-hybridized carbons (Fsp3) is 0.571. The maximum Gasteiger partial charge on any atom is 0.137 e. The molecule has 0 aromatic heterocycles. The van der Waals surface area contributed by atoms with Crippen LogP contribution in [0.1, 0.15) is 25.3 Å². The molecule has 1 saturated heterocycles. The van der Waals surface area contributed by atoms with Crippen LogP contribution in [-0.4, -0.2) is 30.7 Å². The fourth-order valence-corrected chi connectivity index (χ4v) is 2.79. The highest BCUT2D eigenvalue weighted by Gasteiger charge is 2.19. The first-order chi connectivity index (χ1) is 8.69. The largest absolute Gasteiger partial charge is 0.378 e. The minimum atomic E-state index is -0.200. The van der Waals surface area contributed by atoms with Crippen molar-refractivity contribution in [2.45, 2.75) is 32.4 Å². The van der Waals surface area contributed by atoms with Gasteiger partial charge in [-0.2, -0.15) is 0 Å². The lowest BCUT2D eigenvalue weighted by Crippen LogP contribution is -2.36. The standard InChI is InChI=1S/C14H19BrFNO/c1-2-18-12-5-7-17(8-6-12)10-11-3-4-14(16)13(15)9-11/h3-4,9,12H,2,5-8,10H2,1H3. The van der Waals surface area contributed by atoms with Crippen molar-refractivity contribution >= 4 is 15.9 Å². The predicted octanol–water partition coefficient (Wildman–Crippen LogP) is 3.59. The van der Waals surface area contributed by atoms with E-state index < -0.39 is 0 Å². The van der Waals surface area contributed by atoms with Crippen LogP contribution in [0.15, 0.2) is 22.7 Å². The Labute approximate surface area is 116 Å². The van der Waals surface area contributed by atoms with E-state index in [-0.39, 0.29) is 5.82 Å². The summed E-state index contributed by atoms with van der Waals surface area (Å²) in [6, 6.07) is 5.24. The van der Waals surface area contributed by atoms with Crippen molar-refractivity contribution in [2.75, 3.05) is 19.7 Å². The summed E-state index contributed by atoms with van der Waals surface area (Å²) in [5.74, 6) is -0.200. The molecule has 0 N–H and O–H groups in total. The quantitative estimate of drug-likeness (QED) is 0.842. The average Bonchev–Trinajstić information content (AvgIpc) is 2.37. The van der Waals surface area contributed by atoms with Gasteiger partial charge in [-0.1, -0.05) is 6.07 Å². The number of nitrogens with zero attached hydrogens (tertiary/aromatic N) is 1. The van der Waals surface area contributed by atoms with E-state index in [9.17, 15) is 4.39 Å². The van der Waals surface area contributed by atoms with Crippen LogP contribution in [0.4, 0.5) is 4.39 Å². The van der Waals surface area contributed by atoms with E-state index in [4.69, 9.17) is 4.74 Å². The molecule has 1 heterocycles. The summed E-state index contributed by atoms with van der Waals surface area (Å²) in [6.45, 7) is 5.84. The minimum absolute atomic E-state index is 0.200. The maximum atomic E-state index is 13.1. The number of hydrogen-bond acceptors (Lipinski definition) is 2. The van der Waals surface area contributed by atoms with E-state index in [1.807, 2.05) is 19.1 Å². The Hall–Kier alpha value is -0.450. The molecule has 1 fully saturated rings. The fourth-order valence-electron chi connectivity index (χ4n) is 2.37. The van der Waals surface area contributed by atoms with Crippen molar-refractivity contribution in [1.29, 1.82) is 0 Å². The van der Waals surface area contributed by atoms with E-state index in [0.29, 0.717) is 10.6 Å². The molecule has 0 saturated carbocycles. The van der Waals surface area contributed by atoms with Crippen molar-refractivity contribution in [3.05, 3.63) is 34.1 Å². The second kappa shape index (κ2) is 6.64. The topological polar surface area (TPSA) is 12.5 Å². The lowest BCUT2D eigenvalue weighted by atomic mass is 10.1. The number of piperidine rings is 1. The second-order valence-corrected chi connectivity index (χ2v) is 5.53. The molecule has 0 bridgehead atoms. The Balaban J connectivity index is 1.85. The summed E-state index contributed by atoms with van der Waals surface area (Å²) in [5, 5.41) is 0. The van der Waals surface area contributed by atoms with Crippen LogP contribution in [0, 0.1) is 5.82 Å². The van der Waals surface area contributed by atoms with E-state index in [0.717, 1.165) is 44.6 Å². The Morgan fingerprint density at radius 1 is 1.39 bits per heavy atom. The summed E-state index contributed by atoms with van der Waals surface area (Å²) < 4.78 is 19.3. The molecule has 2 rings (SSSR count). The minimum Gasteiger partial charge on any atom is -0.378 e. The Bertz CT molecular complexity index is 391. The number of halogens is 2. The third-order valence-electron chi connectivity index (χ3n) is 3.33. The average molecular weight is 316 g/mol. The van der Waals surface area contributed by atoms with Crippen molar-refractivity contribution in [3.8, 4) is 0 Å². The van der Waals surface area contributed by atoms with E-state index in [1.165, 1.54) is 6.07 Å². The smallest absolute Gasteiger partial charge is 0.137 e. The summed E-state index contributed by atoms with van der Waals surface area (Å²) >= 11 is 3.23. The van der Waals surface area contributed by atoms with Gasteiger partial charge in [0.2, 0.25) is 0 Å². The molecule has 0 atom stereocenters. The Morgan fingerprint density at radius 3 is 2.72 bits per heavy atom. The first-order valence-electron chi connectivity index (χ1n) is 6.47. The lowest BCUT2D eigenvalue weighted by Gasteiger charge is -2.31. The number of ether oxygens (including phenoxy) is 1. The van der Waals surface area contributed by atoms with Crippen LogP contribution in [0.5, 0.6) is 0 Å². The predicted molar refractivity (Wildman–Crippen MR) is 74.0 cm³/mol. The number of hydrogen-bond donors (Lipinski definition) is 0. The zero-order valence-electron chi connectivity index (χ0n) is 10.7. The van der Waals surface area contributed by atoms with Gasteiger partial charge in [-0.3, -0.25) is 4.90 Å². The van der Waals surface area contributed by atoms with Crippen LogP contribution in [-0.2, 0) is 11.3 Å². The van der Waals surface area contributed by atoms with Gasteiger partial charge in [0.25, 0.3) is 0 Å². The van der Waals surface area contributed by atoms with Gasteiger partial charge in [0, 0.05) is 26.2 Å². The molecule has 1 aliphatic rings. The van der Waals surface area contributed by atoms with Gasteiger partial charge in [0.1, 0.15) is 5.82 Å². The number of likely N-dealkylation sites (tertiary alicyclic amines) is 1. The van der Waals surface area contributed by atoms with Crippen molar-refractivity contribution in [3.63, 3.8) is 0 Å². The molecule has 4 heteroatoms. The molecular formula is C14H19BrFNO. The van der Waals surface area contributed by atoms with Crippen LogP contribution in [0.2, 0.25) is 0 Å². The summed E-state index contributed by atoms with van der Waals surface area (Å²) in [6.07, 6.45) is 2.61. The molecule has 1 aromatic rings. The van der Waals surface area contributed by atoms with Gasteiger partial charge in [-0.25, -0.2) is 4.39 Å². The van der Waals surface area contributed by atoms with E-state index in [1.54, 1.807) is 0 Å². The number of benzene rings is 1. The second-order valence-electron chi connectivity index (χ2n) is 4.68. The molecule has 0 amide bonds. The first-order valence-corrected chi connectivity index (χ1v) is 7.26. The Kier molecular flexibility index (Phi) is 5.15. The number of rotatable bonds is 4. The van der Waals surface area contributed by atoms with Crippen molar-refractivity contribution in [1.82, 2.24) is 4.90 Å². The molecule has 100 valence electrons. The monoisotopic (exact) mass is 315 g/mol. The van der Waals surface area contributed by atoms with Crippen LogP contribution < -0.4 is 0 Å². The van der Waals surface area contributed by atoms with E-state index >= 15 is 0 Å². The lowest BCUT2D eigenvalue weighted by molar-refractivity contribution is 0.0125. The maximum absolute atomic E-state index is 13.1. The molecule has 1 aromatic carbocycles. The SMILES string of the molecule is CCOC1CCN(Cc2ccc(F)c(Br)c2)CC1. The molecule has 18 heavy (non-hydrogen) atoms. The summed E-state index contributed by atoms with van der Waals surface area (Å²) in [5.41, 5.74) is 1.15. The molecule has 2 nitrogen and oxygen atoms in total. The van der Waals surface area contributed by atoms with Gasteiger partial charge < -0.3 is 4.74 Å².